The molecule has 1 aromatic heterocycles. The molecule has 1 aromatic rings. The molecule has 0 aromatic carbocycles. The van der Waals surface area contributed by atoms with Crippen molar-refractivity contribution in [3.8, 4) is 0 Å². The van der Waals surface area contributed by atoms with E-state index >= 15 is 0 Å². The summed E-state index contributed by atoms with van der Waals surface area (Å²) in [6.07, 6.45) is 6.45. The first-order chi connectivity index (χ1) is 8.35. The third-order valence-corrected chi connectivity index (χ3v) is 3.43. The molecule has 0 aliphatic carbocycles. The van der Waals surface area contributed by atoms with E-state index in [1.54, 1.807) is 6.20 Å². The number of hydrogen-bond acceptors (Lipinski definition) is 4. The highest BCUT2D eigenvalue weighted by Gasteiger charge is 2.21. The van der Waals surface area contributed by atoms with Crippen molar-refractivity contribution < 1.29 is 5.11 Å². The highest BCUT2D eigenvalue weighted by molar-refractivity contribution is 5.42. The maximum Gasteiger partial charge on any atom is 0.129 e. The van der Waals surface area contributed by atoms with Crippen molar-refractivity contribution >= 4 is 5.82 Å². The molecule has 1 fully saturated rings. The summed E-state index contributed by atoms with van der Waals surface area (Å²) in [5.41, 5.74) is 6.74. The van der Waals surface area contributed by atoms with Crippen molar-refractivity contribution in [1.29, 1.82) is 0 Å². The fourth-order valence-corrected chi connectivity index (χ4v) is 2.41. The second-order valence-corrected chi connectivity index (χ2v) is 4.61. The van der Waals surface area contributed by atoms with Crippen molar-refractivity contribution in [2.45, 2.75) is 38.3 Å². The zero-order valence-corrected chi connectivity index (χ0v) is 10.2. The van der Waals surface area contributed by atoms with Crippen molar-refractivity contribution in [2.75, 3.05) is 18.1 Å². The minimum atomic E-state index is 0.203. The topological polar surface area (TPSA) is 62.4 Å². The van der Waals surface area contributed by atoms with E-state index in [4.69, 9.17) is 5.73 Å². The van der Waals surface area contributed by atoms with E-state index in [0.29, 0.717) is 6.54 Å². The molecule has 0 bridgehead atoms. The van der Waals surface area contributed by atoms with Gasteiger partial charge in [0.05, 0.1) is 12.6 Å². The van der Waals surface area contributed by atoms with E-state index in [0.717, 1.165) is 24.3 Å². The monoisotopic (exact) mass is 235 g/mol. The zero-order valence-electron chi connectivity index (χ0n) is 10.2. The number of anilines is 1. The Morgan fingerprint density at radius 3 is 3.06 bits per heavy atom. The number of pyridine rings is 1. The van der Waals surface area contributed by atoms with Gasteiger partial charge in [0.1, 0.15) is 5.82 Å². The lowest BCUT2D eigenvalue weighted by Crippen LogP contribution is -2.38. The first kappa shape index (κ1) is 12.3. The van der Waals surface area contributed by atoms with Crippen LogP contribution in [0.3, 0.4) is 0 Å². The Hall–Kier alpha value is -1.13. The van der Waals surface area contributed by atoms with Crippen molar-refractivity contribution in [3.63, 3.8) is 0 Å². The minimum absolute atomic E-state index is 0.203. The van der Waals surface area contributed by atoms with Crippen LogP contribution in [-0.4, -0.2) is 29.3 Å². The molecule has 94 valence electrons. The summed E-state index contributed by atoms with van der Waals surface area (Å²) in [5, 5.41) is 9.48. The van der Waals surface area contributed by atoms with Crippen molar-refractivity contribution in [1.82, 2.24) is 4.98 Å². The zero-order chi connectivity index (χ0) is 12.1. The van der Waals surface area contributed by atoms with E-state index in [2.05, 4.69) is 9.88 Å². The molecule has 1 saturated heterocycles. The fourth-order valence-electron chi connectivity index (χ4n) is 2.41. The summed E-state index contributed by atoms with van der Waals surface area (Å²) in [6, 6.07) is 4.18. The number of aliphatic hydroxyl groups excluding tert-OH is 1. The quantitative estimate of drug-likeness (QED) is 0.828. The third-order valence-electron chi connectivity index (χ3n) is 3.43. The SMILES string of the molecule is NCc1ccnc(N2CCCCCC2CO)c1. The van der Waals surface area contributed by atoms with Crippen LogP contribution in [0.15, 0.2) is 18.3 Å². The molecule has 2 rings (SSSR count). The van der Waals surface area contributed by atoms with E-state index in [1.807, 2.05) is 12.1 Å². The van der Waals surface area contributed by atoms with Crippen molar-refractivity contribution in [3.05, 3.63) is 23.9 Å². The van der Waals surface area contributed by atoms with Gasteiger partial charge < -0.3 is 15.7 Å². The van der Waals surface area contributed by atoms with Crippen LogP contribution < -0.4 is 10.6 Å². The summed E-state index contributed by atoms with van der Waals surface area (Å²) < 4.78 is 0. The summed E-state index contributed by atoms with van der Waals surface area (Å²) in [5.74, 6) is 0.953. The van der Waals surface area contributed by atoms with Gasteiger partial charge in [-0.05, 0) is 30.5 Å². The first-order valence-electron chi connectivity index (χ1n) is 6.37. The third kappa shape index (κ3) is 2.96. The molecule has 4 heteroatoms. The Morgan fingerprint density at radius 2 is 2.29 bits per heavy atom. The maximum absolute atomic E-state index is 9.48. The molecule has 2 heterocycles. The number of aliphatic hydroxyl groups is 1. The highest BCUT2D eigenvalue weighted by atomic mass is 16.3. The molecule has 0 radical (unpaired) electrons. The van der Waals surface area contributed by atoms with Crippen LogP contribution in [0.4, 0.5) is 5.82 Å². The summed E-state index contributed by atoms with van der Waals surface area (Å²) >= 11 is 0. The smallest absolute Gasteiger partial charge is 0.129 e. The molecule has 0 spiro atoms. The second kappa shape index (κ2) is 5.98. The number of nitrogens with two attached hydrogens (primary N) is 1. The van der Waals surface area contributed by atoms with Crippen LogP contribution in [0.25, 0.3) is 0 Å². The normalized spacial score (nSPS) is 21.3. The standard InChI is InChI=1S/C13H21N3O/c14-9-11-5-6-15-13(8-11)16-7-3-1-2-4-12(16)10-17/h5-6,8,12,17H,1-4,7,9-10,14H2. The first-order valence-corrected chi connectivity index (χ1v) is 6.37. The van der Waals surface area contributed by atoms with Gasteiger partial charge in [-0.15, -0.1) is 0 Å². The predicted octanol–water partition coefficient (Wildman–Crippen LogP) is 1.28. The average Bonchev–Trinajstić information content (AvgIpc) is 2.63. The molecule has 4 nitrogen and oxygen atoms in total. The van der Waals surface area contributed by atoms with E-state index in [9.17, 15) is 5.11 Å². The van der Waals surface area contributed by atoms with Crippen LogP contribution in [0.1, 0.15) is 31.2 Å². The Bertz CT molecular complexity index is 356. The maximum atomic E-state index is 9.48. The van der Waals surface area contributed by atoms with Crippen LogP contribution >= 0.6 is 0 Å². The molecule has 1 unspecified atom stereocenters. The second-order valence-electron chi connectivity index (χ2n) is 4.61. The summed E-state index contributed by atoms with van der Waals surface area (Å²) in [7, 11) is 0. The van der Waals surface area contributed by atoms with Crippen LogP contribution in [0.2, 0.25) is 0 Å². The van der Waals surface area contributed by atoms with Crippen LogP contribution in [0, 0.1) is 0 Å². The Morgan fingerprint density at radius 1 is 1.41 bits per heavy atom. The largest absolute Gasteiger partial charge is 0.394 e. The number of hydrogen-bond donors (Lipinski definition) is 2. The van der Waals surface area contributed by atoms with Gasteiger partial charge in [-0.1, -0.05) is 12.8 Å². The molecular weight excluding hydrogens is 214 g/mol. The van der Waals surface area contributed by atoms with Gasteiger partial charge in [-0.3, -0.25) is 0 Å². The Balaban J connectivity index is 2.21. The summed E-state index contributed by atoms with van der Waals surface area (Å²) in [6.45, 7) is 1.72. The molecular formula is C13H21N3O. The minimum Gasteiger partial charge on any atom is -0.394 e. The molecule has 17 heavy (non-hydrogen) atoms. The molecule has 0 amide bonds. The van der Waals surface area contributed by atoms with Gasteiger partial charge in [0, 0.05) is 19.3 Å². The molecule has 1 atom stereocenters. The van der Waals surface area contributed by atoms with Crippen LogP contribution in [-0.2, 0) is 6.54 Å². The van der Waals surface area contributed by atoms with Gasteiger partial charge in [0.2, 0.25) is 0 Å². The van der Waals surface area contributed by atoms with E-state index in [-0.39, 0.29) is 12.6 Å². The lowest BCUT2D eigenvalue weighted by Gasteiger charge is -2.29. The fraction of sp³-hybridized carbons (Fsp3) is 0.615. The number of nitrogens with zero attached hydrogens (tertiary/aromatic N) is 2. The predicted molar refractivity (Wildman–Crippen MR) is 68.8 cm³/mol. The van der Waals surface area contributed by atoms with E-state index < -0.39 is 0 Å². The molecule has 3 N–H and O–H groups in total. The van der Waals surface area contributed by atoms with Gasteiger partial charge in [0.25, 0.3) is 0 Å². The van der Waals surface area contributed by atoms with Gasteiger partial charge in [-0.2, -0.15) is 0 Å². The Kier molecular flexibility index (Phi) is 4.34. The molecule has 1 aliphatic rings. The average molecular weight is 235 g/mol. The molecule has 0 saturated carbocycles. The number of rotatable bonds is 3. The van der Waals surface area contributed by atoms with Gasteiger partial charge >= 0.3 is 0 Å². The number of aromatic nitrogens is 1. The lowest BCUT2D eigenvalue weighted by molar-refractivity contribution is 0.254. The molecule has 1 aliphatic heterocycles. The van der Waals surface area contributed by atoms with Gasteiger partial charge in [-0.25, -0.2) is 4.98 Å². The lowest BCUT2D eigenvalue weighted by atomic mass is 10.1. The van der Waals surface area contributed by atoms with Gasteiger partial charge in [0.15, 0.2) is 0 Å². The van der Waals surface area contributed by atoms with E-state index in [1.165, 1.54) is 19.3 Å². The van der Waals surface area contributed by atoms with Crippen LogP contribution in [0.5, 0.6) is 0 Å². The highest BCUT2D eigenvalue weighted by Crippen LogP contribution is 2.22. The summed E-state index contributed by atoms with van der Waals surface area (Å²) in [4.78, 5) is 6.64. The van der Waals surface area contributed by atoms with Crippen molar-refractivity contribution in [2.24, 2.45) is 5.73 Å². The Labute approximate surface area is 102 Å².